The third kappa shape index (κ3) is 3.54. The first-order valence-electron chi connectivity index (χ1n) is 6.59. The molecule has 2 atom stereocenters. The minimum absolute atomic E-state index is 0.592. The summed E-state index contributed by atoms with van der Waals surface area (Å²) in [5.74, 6) is 0.694. The normalized spacial score (nSPS) is 21.9. The Morgan fingerprint density at radius 2 is 2.53 bits per heavy atom. The number of rotatable bonds is 6. The van der Waals surface area contributed by atoms with Crippen molar-refractivity contribution in [2.24, 2.45) is 5.92 Å². The predicted molar refractivity (Wildman–Crippen MR) is 68.0 cm³/mol. The van der Waals surface area contributed by atoms with Crippen LogP contribution in [0.15, 0.2) is 12.4 Å². The zero-order valence-electron chi connectivity index (χ0n) is 10.9. The first kappa shape index (κ1) is 12.6. The lowest BCUT2D eigenvalue weighted by atomic mass is 9.97. The average Bonchev–Trinajstić information content (AvgIpc) is 2.96. The summed E-state index contributed by atoms with van der Waals surface area (Å²) in [6.45, 7) is 8.09. The molecular formula is C13H23N3O. The molecule has 1 N–H and O–H groups in total. The largest absolute Gasteiger partial charge is 0.381 e. The van der Waals surface area contributed by atoms with E-state index in [-0.39, 0.29) is 0 Å². The minimum atomic E-state index is 0.592. The van der Waals surface area contributed by atoms with Crippen LogP contribution in [0, 0.1) is 12.8 Å². The van der Waals surface area contributed by atoms with E-state index >= 15 is 0 Å². The van der Waals surface area contributed by atoms with Gasteiger partial charge >= 0.3 is 0 Å². The van der Waals surface area contributed by atoms with Gasteiger partial charge in [0.15, 0.2) is 0 Å². The van der Waals surface area contributed by atoms with E-state index in [1.165, 1.54) is 18.4 Å². The molecule has 2 heterocycles. The summed E-state index contributed by atoms with van der Waals surface area (Å²) in [6, 6.07) is 0.592. The minimum Gasteiger partial charge on any atom is -0.381 e. The SMILES string of the molecule is CCC(NCCn1cc(C)cn1)C1CCOC1. The Hall–Kier alpha value is -0.870. The smallest absolute Gasteiger partial charge is 0.0534 e. The van der Waals surface area contributed by atoms with Crippen molar-refractivity contribution in [1.29, 1.82) is 0 Å². The molecule has 0 radical (unpaired) electrons. The van der Waals surface area contributed by atoms with Crippen molar-refractivity contribution in [2.45, 2.75) is 39.3 Å². The fraction of sp³-hybridized carbons (Fsp3) is 0.769. The van der Waals surface area contributed by atoms with Crippen molar-refractivity contribution >= 4 is 0 Å². The van der Waals surface area contributed by atoms with Crippen molar-refractivity contribution in [3.63, 3.8) is 0 Å². The number of ether oxygens (including phenoxy) is 1. The Morgan fingerprint density at radius 3 is 3.12 bits per heavy atom. The van der Waals surface area contributed by atoms with Gasteiger partial charge in [-0.1, -0.05) is 6.92 Å². The van der Waals surface area contributed by atoms with Gasteiger partial charge in [-0.3, -0.25) is 4.68 Å². The van der Waals surface area contributed by atoms with Gasteiger partial charge in [-0.15, -0.1) is 0 Å². The van der Waals surface area contributed by atoms with E-state index in [4.69, 9.17) is 4.74 Å². The highest BCUT2D eigenvalue weighted by Gasteiger charge is 2.23. The highest BCUT2D eigenvalue weighted by Crippen LogP contribution is 2.18. The van der Waals surface area contributed by atoms with Gasteiger partial charge in [-0.25, -0.2) is 0 Å². The molecule has 2 rings (SSSR count). The van der Waals surface area contributed by atoms with Crippen LogP contribution in [0.4, 0.5) is 0 Å². The molecule has 0 aliphatic carbocycles. The van der Waals surface area contributed by atoms with Gasteiger partial charge in [-0.05, 0) is 31.2 Å². The molecule has 0 amide bonds. The van der Waals surface area contributed by atoms with E-state index < -0.39 is 0 Å². The van der Waals surface area contributed by atoms with Crippen molar-refractivity contribution in [1.82, 2.24) is 15.1 Å². The van der Waals surface area contributed by atoms with E-state index in [1.54, 1.807) is 0 Å². The molecule has 1 aliphatic heterocycles. The molecule has 0 spiro atoms. The molecule has 1 aromatic heterocycles. The van der Waals surface area contributed by atoms with Crippen LogP contribution in [-0.2, 0) is 11.3 Å². The van der Waals surface area contributed by atoms with Crippen LogP contribution in [0.3, 0.4) is 0 Å². The van der Waals surface area contributed by atoms with Gasteiger partial charge in [0, 0.05) is 25.4 Å². The van der Waals surface area contributed by atoms with Crippen LogP contribution in [0.5, 0.6) is 0 Å². The number of hydrogen-bond acceptors (Lipinski definition) is 3. The number of hydrogen-bond donors (Lipinski definition) is 1. The highest BCUT2D eigenvalue weighted by atomic mass is 16.5. The average molecular weight is 237 g/mol. The summed E-state index contributed by atoms with van der Waals surface area (Å²) in [6.07, 6.45) is 6.36. The van der Waals surface area contributed by atoms with Crippen molar-refractivity contribution in [3.05, 3.63) is 18.0 Å². The maximum Gasteiger partial charge on any atom is 0.0534 e. The fourth-order valence-electron chi connectivity index (χ4n) is 2.47. The highest BCUT2D eigenvalue weighted by molar-refractivity contribution is 4.99. The first-order valence-corrected chi connectivity index (χ1v) is 6.59. The number of aryl methyl sites for hydroxylation is 1. The van der Waals surface area contributed by atoms with Gasteiger partial charge in [0.2, 0.25) is 0 Å². The van der Waals surface area contributed by atoms with Gasteiger partial charge in [-0.2, -0.15) is 5.10 Å². The lowest BCUT2D eigenvalue weighted by Gasteiger charge is -2.22. The summed E-state index contributed by atoms with van der Waals surface area (Å²) < 4.78 is 7.45. The predicted octanol–water partition coefficient (Wildman–Crippen LogP) is 1.60. The maximum atomic E-state index is 5.45. The van der Waals surface area contributed by atoms with E-state index in [9.17, 15) is 0 Å². The zero-order valence-corrected chi connectivity index (χ0v) is 10.9. The molecule has 0 aromatic carbocycles. The lowest BCUT2D eigenvalue weighted by Crippen LogP contribution is -2.37. The molecule has 1 fully saturated rings. The molecule has 0 bridgehead atoms. The van der Waals surface area contributed by atoms with E-state index in [2.05, 4.69) is 30.5 Å². The van der Waals surface area contributed by atoms with E-state index in [1.807, 2.05) is 10.9 Å². The van der Waals surface area contributed by atoms with Crippen LogP contribution in [0.1, 0.15) is 25.3 Å². The molecule has 96 valence electrons. The summed E-state index contributed by atoms with van der Waals surface area (Å²) in [7, 11) is 0. The molecule has 17 heavy (non-hydrogen) atoms. The molecular weight excluding hydrogens is 214 g/mol. The van der Waals surface area contributed by atoms with Crippen LogP contribution in [0.25, 0.3) is 0 Å². The molecule has 4 nitrogen and oxygen atoms in total. The van der Waals surface area contributed by atoms with Gasteiger partial charge in [0.05, 0.1) is 19.3 Å². The van der Waals surface area contributed by atoms with Crippen LogP contribution in [0.2, 0.25) is 0 Å². The monoisotopic (exact) mass is 237 g/mol. The fourth-order valence-corrected chi connectivity index (χ4v) is 2.47. The van der Waals surface area contributed by atoms with E-state index in [0.717, 1.165) is 26.3 Å². The molecule has 4 heteroatoms. The van der Waals surface area contributed by atoms with Gasteiger partial charge in [0.1, 0.15) is 0 Å². The van der Waals surface area contributed by atoms with E-state index in [0.29, 0.717) is 12.0 Å². The molecule has 1 aliphatic rings. The topological polar surface area (TPSA) is 39.1 Å². The summed E-state index contributed by atoms with van der Waals surface area (Å²) in [5.41, 5.74) is 1.22. The van der Waals surface area contributed by atoms with Crippen molar-refractivity contribution < 1.29 is 4.74 Å². The molecule has 2 unspecified atom stereocenters. The Morgan fingerprint density at radius 1 is 1.65 bits per heavy atom. The van der Waals surface area contributed by atoms with Crippen LogP contribution in [-0.4, -0.2) is 35.6 Å². The molecule has 1 saturated heterocycles. The second-order valence-corrected chi connectivity index (χ2v) is 4.87. The van der Waals surface area contributed by atoms with Crippen LogP contribution >= 0.6 is 0 Å². The summed E-state index contributed by atoms with van der Waals surface area (Å²) in [4.78, 5) is 0. The Balaban J connectivity index is 1.72. The number of aromatic nitrogens is 2. The molecule has 0 saturated carbocycles. The molecule has 1 aromatic rings. The second-order valence-electron chi connectivity index (χ2n) is 4.87. The Bertz CT molecular complexity index is 331. The zero-order chi connectivity index (χ0) is 12.1. The summed E-state index contributed by atoms with van der Waals surface area (Å²) in [5, 5.41) is 7.92. The Labute approximate surface area is 103 Å². The third-order valence-electron chi connectivity index (χ3n) is 3.48. The Kier molecular flexibility index (Phi) is 4.57. The third-order valence-corrected chi connectivity index (χ3v) is 3.48. The van der Waals surface area contributed by atoms with Crippen molar-refractivity contribution in [3.8, 4) is 0 Å². The van der Waals surface area contributed by atoms with Crippen LogP contribution < -0.4 is 5.32 Å². The lowest BCUT2D eigenvalue weighted by molar-refractivity contribution is 0.175. The van der Waals surface area contributed by atoms with Gasteiger partial charge in [0.25, 0.3) is 0 Å². The number of nitrogens with one attached hydrogen (secondary N) is 1. The van der Waals surface area contributed by atoms with Gasteiger partial charge < -0.3 is 10.1 Å². The summed E-state index contributed by atoms with van der Waals surface area (Å²) >= 11 is 0. The standard InChI is InChI=1S/C13H23N3O/c1-3-13(12-4-7-17-10-12)14-5-6-16-9-11(2)8-15-16/h8-9,12-14H,3-7,10H2,1-2H3. The first-order chi connectivity index (χ1) is 8.29. The number of nitrogens with zero attached hydrogens (tertiary/aromatic N) is 2. The maximum absolute atomic E-state index is 5.45. The van der Waals surface area contributed by atoms with Crippen molar-refractivity contribution in [2.75, 3.05) is 19.8 Å². The quantitative estimate of drug-likeness (QED) is 0.816. The second kappa shape index (κ2) is 6.17.